The molecule has 6 heteroatoms. The van der Waals surface area contributed by atoms with Crippen molar-refractivity contribution in [2.45, 2.75) is 25.4 Å². The SMILES string of the molecule is NC1CCn2c(Br)nc(-c3ccc(F)cc3F)c2C1. The van der Waals surface area contributed by atoms with E-state index in [0.717, 1.165) is 24.7 Å². The van der Waals surface area contributed by atoms with Gasteiger partial charge in [-0.1, -0.05) is 0 Å². The first-order chi connectivity index (χ1) is 9.06. The van der Waals surface area contributed by atoms with Gasteiger partial charge in [0.05, 0.1) is 5.69 Å². The summed E-state index contributed by atoms with van der Waals surface area (Å²) in [5, 5.41) is 0. The highest BCUT2D eigenvalue weighted by Crippen LogP contribution is 2.32. The van der Waals surface area contributed by atoms with Crippen molar-refractivity contribution < 1.29 is 8.78 Å². The molecule has 1 unspecified atom stereocenters. The number of benzene rings is 1. The second-order valence-electron chi connectivity index (χ2n) is 4.70. The number of halogens is 3. The predicted octanol–water partition coefficient (Wildman–Crippen LogP) is 2.86. The average Bonchev–Trinajstić information content (AvgIpc) is 2.66. The maximum absolute atomic E-state index is 13.9. The van der Waals surface area contributed by atoms with Gasteiger partial charge in [0, 0.05) is 36.3 Å². The quantitative estimate of drug-likeness (QED) is 0.875. The minimum Gasteiger partial charge on any atom is -0.327 e. The van der Waals surface area contributed by atoms with Gasteiger partial charge in [0.25, 0.3) is 0 Å². The van der Waals surface area contributed by atoms with Crippen molar-refractivity contribution in [3.05, 3.63) is 40.3 Å². The highest BCUT2D eigenvalue weighted by molar-refractivity contribution is 9.10. The molecule has 1 atom stereocenters. The van der Waals surface area contributed by atoms with E-state index < -0.39 is 11.6 Å². The molecule has 100 valence electrons. The van der Waals surface area contributed by atoms with Gasteiger partial charge in [0.1, 0.15) is 11.6 Å². The number of nitrogens with two attached hydrogens (primary N) is 1. The van der Waals surface area contributed by atoms with Crippen LogP contribution in [0.2, 0.25) is 0 Å². The Morgan fingerprint density at radius 2 is 2.16 bits per heavy atom. The molecule has 0 radical (unpaired) electrons. The molecule has 0 saturated heterocycles. The highest BCUT2D eigenvalue weighted by Gasteiger charge is 2.24. The molecule has 1 aliphatic heterocycles. The van der Waals surface area contributed by atoms with E-state index in [9.17, 15) is 8.78 Å². The van der Waals surface area contributed by atoms with Crippen LogP contribution in [-0.4, -0.2) is 15.6 Å². The lowest BCUT2D eigenvalue weighted by molar-refractivity contribution is 0.466. The molecule has 0 bridgehead atoms. The van der Waals surface area contributed by atoms with Crippen LogP contribution in [0.25, 0.3) is 11.3 Å². The van der Waals surface area contributed by atoms with Crippen LogP contribution in [-0.2, 0) is 13.0 Å². The Balaban J connectivity index is 2.15. The largest absolute Gasteiger partial charge is 0.327 e. The smallest absolute Gasteiger partial charge is 0.177 e. The minimum absolute atomic E-state index is 0.0540. The fourth-order valence-electron chi connectivity index (χ4n) is 2.43. The number of rotatable bonds is 1. The van der Waals surface area contributed by atoms with Gasteiger partial charge in [0.15, 0.2) is 4.73 Å². The van der Waals surface area contributed by atoms with Gasteiger partial charge in [-0.15, -0.1) is 0 Å². The summed E-state index contributed by atoms with van der Waals surface area (Å²) >= 11 is 3.37. The third kappa shape index (κ3) is 2.19. The zero-order valence-electron chi connectivity index (χ0n) is 10.0. The first kappa shape index (κ1) is 12.7. The van der Waals surface area contributed by atoms with Crippen LogP contribution in [0.4, 0.5) is 8.78 Å². The highest BCUT2D eigenvalue weighted by atomic mass is 79.9. The summed E-state index contributed by atoms with van der Waals surface area (Å²) in [6.45, 7) is 0.757. The molecule has 3 nitrogen and oxygen atoms in total. The van der Waals surface area contributed by atoms with Crippen molar-refractivity contribution in [2.24, 2.45) is 5.73 Å². The Morgan fingerprint density at radius 3 is 2.89 bits per heavy atom. The van der Waals surface area contributed by atoms with Gasteiger partial charge in [0.2, 0.25) is 0 Å². The molecular formula is C13H12BrF2N3. The molecule has 0 amide bonds. The maximum Gasteiger partial charge on any atom is 0.177 e. The summed E-state index contributed by atoms with van der Waals surface area (Å²) < 4.78 is 29.5. The Bertz CT molecular complexity index is 639. The van der Waals surface area contributed by atoms with E-state index in [1.54, 1.807) is 0 Å². The van der Waals surface area contributed by atoms with Gasteiger partial charge in [-0.2, -0.15) is 0 Å². The topological polar surface area (TPSA) is 43.8 Å². The first-order valence-electron chi connectivity index (χ1n) is 6.02. The summed E-state index contributed by atoms with van der Waals surface area (Å²) in [6, 6.07) is 3.58. The van der Waals surface area contributed by atoms with Crippen LogP contribution < -0.4 is 5.73 Å². The van der Waals surface area contributed by atoms with E-state index in [-0.39, 0.29) is 6.04 Å². The molecule has 0 spiro atoms. The van der Waals surface area contributed by atoms with E-state index >= 15 is 0 Å². The third-order valence-electron chi connectivity index (χ3n) is 3.39. The number of nitrogens with zero attached hydrogens (tertiary/aromatic N) is 2. The number of hydrogen-bond acceptors (Lipinski definition) is 2. The molecule has 2 heterocycles. The Labute approximate surface area is 117 Å². The molecule has 1 aromatic heterocycles. The molecule has 3 rings (SSSR count). The zero-order valence-corrected chi connectivity index (χ0v) is 11.6. The third-order valence-corrected chi connectivity index (χ3v) is 4.00. The molecule has 0 aliphatic carbocycles. The van der Waals surface area contributed by atoms with Crippen LogP contribution in [0, 0.1) is 11.6 Å². The average molecular weight is 328 g/mol. The lowest BCUT2D eigenvalue weighted by Crippen LogP contribution is -2.30. The van der Waals surface area contributed by atoms with Gasteiger partial charge in [-0.3, -0.25) is 0 Å². The van der Waals surface area contributed by atoms with E-state index in [4.69, 9.17) is 5.73 Å². The summed E-state index contributed by atoms with van der Waals surface area (Å²) in [4.78, 5) is 4.35. The Morgan fingerprint density at radius 1 is 1.37 bits per heavy atom. The van der Waals surface area contributed by atoms with Gasteiger partial charge in [-0.25, -0.2) is 13.8 Å². The molecule has 2 N–H and O–H groups in total. The monoisotopic (exact) mass is 327 g/mol. The molecule has 1 aliphatic rings. The van der Waals surface area contributed by atoms with Crippen molar-refractivity contribution in [3.63, 3.8) is 0 Å². The Kier molecular flexibility index (Phi) is 3.14. The van der Waals surface area contributed by atoms with Crippen LogP contribution in [0.3, 0.4) is 0 Å². The van der Waals surface area contributed by atoms with Crippen LogP contribution in [0.1, 0.15) is 12.1 Å². The first-order valence-corrected chi connectivity index (χ1v) is 6.81. The molecule has 0 saturated carbocycles. The second kappa shape index (κ2) is 4.68. The van der Waals surface area contributed by atoms with Crippen molar-refractivity contribution in [3.8, 4) is 11.3 Å². The summed E-state index contributed by atoms with van der Waals surface area (Å²) in [5.41, 5.74) is 7.71. The number of aromatic nitrogens is 2. The van der Waals surface area contributed by atoms with Crippen molar-refractivity contribution in [2.75, 3.05) is 0 Å². The molecular weight excluding hydrogens is 316 g/mol. The van der Waals surface area contributed by atoms with E-state index in [1.807, 2.05) is 4.57 Å². The normalized spacial score (nSPS) is 18.4. The lowest BCUT2D eigenvalue weighted by Gasteiger charge is -2.21. The molecule has 19 heavy (non-hydrogen) atoms. The van der Waals surface area contributed by atoms with E-state index in [1.165, 1.54) is 12.1 Å². The van der Waals surface area contributed by atoms with Crippen molar-refractivity contribution in [1.29, 1.82) is 0 Å². The van der Waals surface area contributed by atoms with Crippen molar-refractivity contribution in [1.82, 2.24) is 9.55 Å². The zero-order chi connectivity index (χ0) is 13.6. The fraction of sp³-hybridized carbons (Fsp3) is 0.308. The van der Waals surface area contributed by atoms with Gasteiger partial charge >= 0.3 is 0 Å². The Hall–Kier alpha value is -1.27. The van der Waals surface area contributed by atoms with Crippen LogP contribution in [0.5, 0.6) is 0 Å². The number of fused-ring (bicyclic) bond motifs is 1. The van der Waals surface area contributed by atoms with Crippen LogP contribution in [0.15, 0.2) is 22.9 Å². The number of hydrogen-bond donors (Lipinski definition) is 1. The lowest BCUT2D eigenvalue weighted by atomic mass is 10.0. The maximum atomic E-state index is 13.9. The van der Waals surface area contributed by atoms with Crippen LogP contribution >= 0.6 is 15.9 Å². The van der Waals surface area contributed by atoms with Crippen molar-refractivity contribution >= 4 is 15.9 Å². The molecule has 0 fully saturated rings. The van der Waals surface area contributed by atoms with E-state index in [0.29, 0.717) is 22.4 Å². The van der Waals surface area contributed by atoms with E-state index in [2.05, 4.69) is 20.9 Å². The molecule has 2 aromatic rings. The predicted molar refractivity (Wildman–Crippen MR) is 71.6 cm³/mol. The standard InChI is InChI=1S/C13H12BrF2N3/c14-13-18-12(9-2-1-7(15)5-10(9)16)11-6-8(17)3-4-19(11)13/h1-2,5,8H,3-4,6,17H2. The number of imidazole rings is 1. The second-order valence-corrected chi connectivity index (χ2v) is 5.41. The molecule has 1 aromatic carbocycles. The minimum atomic E-state index is -0.604. The fourth-order valence-corrected chi connectivity index (χ4v) is 3.00. The summed E-state index contributed by atoms with van der Waals surface area (Å²) in [6.07, 6.45) is 1.51. The summed E-state index contributed by atoms with van der Waals surface area (Å²) in [5.74, 6) is -1.20. The van der Waals surface area contributed by atoms with Gasteiger partial charge < -0.3 is 10.3 Å². The van der Waals surface area contributed by atoms with Gasteiger partial charge in [-0.05, 0) is 34.5 Å². The summed E-state index contributed by atoms with van der Waals surface area (Å²) in [7, 11) is 0.